The number of nitrogens with zero attached hydrogens (tertiary/aromatic N) is 3. The zero-order valence-corrected chi connectivity index (χ0v) is 15.8. The number of hydrogen-bond donors (Lipinski definition) is 0. The average Bonchev–Trinajstić information content (AvgIpc) is 2.62. The van der Waals surface area contributed by atoms with Crippen LogP contribution in [0, 0.1) is 5.92 Å². The van der Waals surface area contributed by atoms with Crippen LogP contribution in [0.2, 0.25) is 0 Å². The molecule has 3 rings (SSSR count). The van der Waals surface area contributed by atoms with Crippen LogP contribution in [0.25, 0.3) is 0 Å². The van der Waals surface area contributed by atoms with Crippen LogP contribution in [0.15, 0.2) is 0 Å². The molecule has 0 saturated carbocycles. The van der Waals surface area contributed by atoms with E-state index in [1.165, 1.54) is 84.2 Å². The lowest BCUT2D eigenvalue weighted by molar-refractivity contribution is 0.0375. The Hall–Kier alpha value is -0.120. The molecule has 3 aliphatic heterocycles. The van der Waals surface area contributed by atoms with Crippen molar-refractivity contribution >= 4 is 0 Å². The second-order valence-electron chi connectivity index (χ2n) is 8.52. The van der Waals surface area contributed by atoms with Gasteiger partial charge in [0.05, 0.1) is 0 Å². The highest BCUT2D eigenvalue weighted by Gasteiger charge is 2.31. The minimum atomic E-state index is 0.729. The Morgan fingerprint density at radius 3 is 1.57 bits per heavy atom. The van der Waals surface area contributed by atoms with Gasteiger partial charge in [-0.1, -0.05) is 13.3 Å². The summed E-state index contributed by atoms with van der Waals surface area (Å²) in [5, 5.41) is 0. The van der Waals surface area contributed by atoms with Crippen molar-refractivity contribution in [2.45, 2.75) is 83.8 Å². The normalized spacial score (nSPS) is 28.7. The van der Waals surface area contributed by atoms with Crippen molar-refractivity contribution in [3.05, 3.63) is 0 Å². The highest BCUT2D eigenvalue weighted by atomic mass is 15.2. The van der Waals surface area contributed by atoms with Gasteiger partial charge in [0.2, 0.25) is 0 Å². The van der Waals surface area contributed by atoms with Gasteiger partial charge in [0.1, 0.15) is 0 Å². The van der Waals surface area contributed by atoms with Crippen LogP contribution in [-0.2, 0) is 0 Å². The van der Waals surface area contributed by atoms with E-state index in [0.29, 0.717) is 0 Å². The molecule has 0 atom stereocenters. The fraction of sp³-hybridized carbons (Fsp3) is 1.00. The largest absolute Gasteiger partial charge is 0.301 e. The highest BCUT2D eigenvalue weighted by molar-refractivity contribution is 4.88. The van der Waals surface area contributed by atoms with Gasteiger partial charge in [-0.3, -0.25) is 0 Å². The summed E-state index contributed by atoms with van der Waals surface area (Å²) in [6.07, 6.45) is 9.91. The molecule has 3 fully saturated rings. The molecular weight excluding hydrogens is 282 g/mol. The highest BCUT2D eigenvalue weighted by Crippen LogP contribution is 2.27. The van der Waals surface area contributed by atoms with E-state index in [1.54, 1.807) is 0 Å². The molecule has 0 spiro atoms. The van der Waals surface area contributed by atoms with E-state index in [2.05, 4.69) is 35.5 Å². The molecule has 0 aromatic heterocycles. The standard InChI is InChI=1S/C20H39N3/c1-4-18-5-11-22(12-6-18)20-9-15-23(16-10-20)19-7-13-21(14-8-19)17(2)3/h17-20H,4-16H2,1-3H3. The summed E-state index contributed by atoms with van der Waals surface area (Å²) in [5.41, 5.74) is 0. The molecule has 134 valence electrons. The Balaban J connectivity index is 1.39. The predicted molar refractivity (Wildman–Crippen MR) is 98.9 cm³/mol. The molecule has 0 aromatic rings. The molecule has 0 aromatic carbocycles. The lowest BCUT2D eigenvalue weighted by Gasteiger charge is -2.45. The molecule has 3 heteroatoms. The summed E-state index contributed by atoms with van der Waals surface area (Å²) in [5.74, 6) is 1.01. The predicted octanol–water partition coefficient (Wildman–Crippen LogP) is 3.45. The first-order valence-electron chi connectivity index (χ1n) is 10.4. The second kappa shape index (κ2) is 8.31. The van der Waals surface area contributed by atoms with Gasteiger partial charge in [-0.15, -0.1) is 0 Å². The van der Waals surface area contributed by atoms with Crippen molar-refractivity contribution in [3.63, 3.8) is 0 Å². The summed E-state index contributed by atoms with van der Waals surface area (Å²) in [6, 6.07) is 2.49. The third kappa shape index (κ3) is 4.49. The van der Waals surface area contributed by atoms with Gasteiger partial charge >= 0.3 is 0 Å². The van der Waals surface area contributed by atoms with Gasteiger partial charge in [0.25, 0.3) is 0 Å². The molecule has 0 radical (unpaired) electrons. The minimum absolute atomic E-state index is 0.729. The Kier molecular flexibility index (Phi) is 6.39. The van der Waals surface area contributed by atoms with Gasteiger partial charge < -0.3 is 14.7 Å². The number of likely N-dealkylation sites (tertiary alicyclic amines) is 3. The molecule has 3 nitrogen and oxygen atoms in total. The molecule has 0 aliphatic carbocycles. The maximum absolute atomic E-state index is 2.83. The van der Waals surface area contributed by atoms with Crippen LogP contribution in [0.4, 0.5) is 0 Å². The molecule has 3 aliphatic rings. The van der Waals surface area contributed by atoms with Gasteiger partial charge in [-0.25, -0.2) is 0 Å². The third-order valence-electron chi connectivity index (χ3n) is 6.99. The molecule has 0 N–H and O–H groups in total. The molecule has 0 unspecified atom stereocenters. The van der Waals surface area contributed by atoms with Gasteiger partial charge in [-0.05, 0) is 97.6 Å². The maximum atomic E-state index is 2.83. The molecule has 0 amide bonds. The summed E-state index contributed by atoms with van der Waals surface area (Å²) in [7, 11) is 0. The molecule has 23 heavy (non-hydrogen) atoms. The zero-order chi connectivity index (χ0) is 16.2. The summed E-state index contributed by atoms with van der Waals surface area (Å²) < 4.78 is 0. The monoisotopic (exact) mass is 321 g/mol. The lowest BCUT2D eigenvalue weighted by Crippen LogP contribution is -2.52. The number of rotatable bonds is 4. The zero-order valence-electron chi connectivity index (χ0n) is 15.8. The summed E-state index contributed by atoms with van der Waals surface area (Å²) >= 11 is 0. The van der Waals surface area contributed by atoms with Crippen molar-refractivity contribution in [3.8, 4) is 0 Å². The first kappa shape index (κ1) is 17.7. The fourth-order valence-electron chi connectivity index (χ4n) is 5.11. The van der Waals surface area contributed by atoms with Crippen molar-refractivity contribution in [1.29, 1.82) is 0 Å². The van der Waals surface area contributed by atoms with Crippen molar-refractivity contribution < 1.29 is 0 Å². The van der Waals surface area contributed by atoms with E-state index in [4.69, 9.17) is 0 Å². The topological polar surface area (TPSA) is 9.72 Å². The average molecular weight is 322 g/mol. The molecule has 0 bridgehead atoms. The van der Waals surface area contributed by atoms with Crippen LogP contribution in [0.1, 0.15) is 65.7 Å². The first-order chi connectivity index (χ1) is 11.2. The van der Waals surface area contributed by atoms with Gasteiger partial charge in [0.15, 0.2) is 0 Å². The van der Waals surface area contributed by atoms with E-state index in [0.717, 1.165) is 24.0 Å². The van der Waals surface area contributed by atoms with E-state index >= 15 is 0 Å². The molecule has 3 saturated heterocycles. The SMILES string of the molecule is CCC1CCN(C2CCN(C3CCN(C(C)C)CC3)CC2)CC1. The van der Waals surface area contributed by atoms with Crippen LogP contribution in [0.5, 0.6) is 0 Å². The second-order valence-corrected chi connectivity index (χ2v) is 8.52. The molecular formula is C20H39N3. The van der Waals surface area contributed by atoms with E-state index in [9.17, 15) is 0 Å². The summed E-state index contributed by atoms with van der Waals surface area (Å²) in [6.45, 7) is 15.1. The lowest BCUT2D eigenvalue weighted by atomic mass is 9.91. The number of piperidine rings is 3. The van der Waals surface area contributed by atoms with E-state index in [1.807, 2.05) is 0 Å². The van der Waals surface area contributed by atoms with Crippen molar-refractivity contribution in [2.24, 2.45) is 5.92 Å². The van der Waals surface area contributed by atoms with E-state index in [-0.39, 0.29) is 0 Å². The Labute approximate surface area is 144 Å². The Morgan fingerprint density at radius 2 is 1.13 bits per heavy atom. The third-order valence-corrected chi connectivity index (χ3v) is 6.99. The van der Waals surface area contributed by atoms with E-state index < -0.39 is 0 Å². The van der Waals surface area contributed by atoms with Crippen LogP contribution < -0.4 is 0 Å². The van der Waals surface area contributed by atoms with Crippen molar-refractivity contribution in [1.82, 2.24) is 14.7 Å². The Morgan fingerprint density at radius 1 is 0.696 bits per heavy atom. The Bertz CT molecular complexity index is 333. The quantitative estimate of drug-likeness (QED) is 0.785. The molecule has 3 heterocycles. The smallest absolute Gasteiger partial charge is 0.0120 e. The van der Waals surface area contributed by atoms with Gasteiger partial charge in [-0.2, -0.15) is 0 Å². The maximum Gasteiger partial charge on any atom is 0.0120 e. The fourth-order valence-corrected chi connectivity index (χ4v) is 5.11. The van der Waals surface area contributed by atoms with Crippen LogP contribution in [-0.4, -0.2) is 72.1 Å². The van der Waals surface area contributed by atoms with Crippen LogP contribution in [0.3, 0.4) is 0 Å². The van der Waals surface area contributed by atoms with Crippen LogP contribution >= 0.6 is 0 Å². The minimum Gasteiger partial charge on any atom is -0.301 e. The number of hydrogen-bond acceptors (Lipinski definition) is 3. The first-order valence-corrected chi connectivity index (χ1v) is 10.4. The summed E-state index contributed by atoms with van der Waals surface area (Å²) in [4.78, 5) is 8.30. The van der Waals surface area contributed by atoms with Gasteiger partial charge in [0, 0.05) is 18.1 Å². The van der Waals surface area contributed by atoms with Crippen molar-refractivity contribution in [2.75, 3.05) is 39.3 Å².